The van der Waals surface area contributed by atoms with Gasteiger partial charge in [-0.25, -0.2) is 9.77 Å². The molecule has 0 radical (unpaired) electrons. The minimum absolute atomic E-state index is 0.417. The maximum Gasteiger partial charge on any atom is 0.214 e. The Morgan fingerprint density at radius 2 is 1.93 bits per heavy atom. The summed E-state index contributed by atoms with van der Waals surface area (Å²) in [6, 6.07) is 13.4. The fourth-order valence-corrected chi connectivity index (χ4v) is 2.91. The van der Waals surface area contributed by atoms with Crippen LogP contribution >= 0.6 is 12.2 Å². The van der Waals surface area contributed by atoms with Crippen LogP contribution in [0, 0.1) is 4.77 Å². The number of aromatic amines is 1. The molecule has 2 N–H and O–H groups in total. The predicted octanol–water partition coefficient (Wildman–Crippen LogP) is 3.93. The zero-order chi connectivity index (χ0) is 19.9. The van der Waals surface area contributed by atoms with Gasteiger partial charge in [0.05, 0.1) is 26.3 Å². The van der Waals surface area contributed by atoms with Crippen molar-refractivity contribution in [2.24, 2.45) is 0 Å². The molecule has 0 unspecified atom stereocenters. The molecular weight excluding hydrogens is 376 g/mol. The van der Waals surface area contributed by atoms with E-state index in [1.807, 2.05) is 42.5 Å². The second-order valence-corrected chi connectivity index (χ2v) is 6.19. The van der Waals surface area contributed by atoms with E-state index >= 15 is 0 Å². The molecule has 7 nitrogen and oxygen atoms in total. The molecule has 3 aromatic rings. The number of ether oxygens (including phenoxy) is 3. The number of nitrogens with one attached hydrogen (secondary N) is 2. The molecule has 0 saturated carbocycles. The maximum absolute atomic E-state index is 5.59. The molecule has 146 valence electrons. The van der Waals surface area contributed by atoms with Gasteiger partial charge in [0, 0.05) is 0 Å². The number of aromatic nitrogens is 3. The minimum Gasteiger partial charge on any atom is -0.496 e. The second-order valence-electron chi connectivity index (χ2n) is 5.81. The van der Waals surface area contributed by atoms with E-state index in [1.165, 1.54) is 0 Å². The van der Waals surface area contributed by atoms with Gasteiger partial charge in [-0.05, 0) is 42.0 Å². The topological polar surface area (TPSA) is 73.3 Å². The van der Waals surface area contributed by atoms with Crippen LogP contribution in [0.2, 0.25) is 0 Å². The van der Waals surface area contributed by atoms with Gasteiger partial charge in [-0.3, -0.25) is 0 Å². The summed E-state index contributed by atoms with van der Waals surface area (Å²) in [6.45, 7) is 4.58. The van der Waals surface area contributed by atoms with Crippen molar-refractivity contribution < 1.29 is 14.2 Å². The zero-order valence-corrected chi connectivity index (χ0v) is 16.6. The first kappa shape index (κ1) is 19.5. The summed E-state index contributed by atoms with van der Waals surface area (Å²) in [4.78, 5) is 0. The average Bonchev–Trinajstić information content (AvgIpc) is 3.11. The van der Waals surface area contributed by atoms with E-state index in [0.717, 1.165) is 11.1 Å². The Balaban J connectivity index is 1.83. The molecule has 0 aliphatic carbocycles. The highest BCUT2D eigenvalue weighted by atomic mass is 32.1. The van der Waals surface area contributed by atoms with Gasteiger partial charge >= 0.3 is 0 Å². The van der Waals surface area contributed by atoms with Gasteiger partial charge in [0.1, 0.15) is 12.4 Å². The lowest BCUT2D eigenvalue weighted by molar-refractivity contribution is 0.326. The van der Waals surface area contributed by atoms with Crippen LogP contribution < -0.4 is 19.6 Å². The van der Waals surface area contributed by atoms with Crippen LogP contribution in [0.5, 0.6) is 17.2 Å². The average molecular weight is 398 g/mol. The molecule has 1 aromatic heterocycles. The van der Waals surface area contributed by atoms with Gasteiger partial charge in [-0.15, -0.1) is 0 Å². The lowest BCUT2D eigenvalue weighted by Crippen LogP contribution is -2.16. The summed E-state index contributed by atoms with van der Waals surface area (Å²) in [5.41, 5.74) is 5.12. The van der Waals surface area contributed by atoms with Gasteiger partial charge < -0.3 is 19.6 Å². The quantitative estimate of drug-likeness (QED) is 0.420. The normalized spacial score (nSPS) is 10.4. The zero-order valence-electron chi connectivity index (χ0n) is 15.8. The van der Waals surface area contributed by atoms with Crippen molar-refractivity contribution in [2.75, 3.05) is 26.3 Å². The van der Waals surface area contributed by atoms with Crippen LogP contribution in [0.25, 0.3) is 11.4 Å². The first-order chi connectivity index (χ1) is 13.7. The van der Waals surface area contributed by atoms with Crippen LogP contribution in [-0.4, -0.2) is 35.7 Å². The Kier molecular flexibility index (Phi) is 6.33. The summed E-state index contributed by atoms with van der Waals surface area (Å²) in [5, 5.41) is 7.16. The molecule has 0 spiro atoms. The van der Waals surface area contributed by atoms with Crippen LogP contribution in [-0.2, 0) is 6.54 Å². The van der Waals surface area contributed by atoms with Crippen LogP contribution in [0.3, 0.4) is 0 Å². The first-order valence-electron chi connectivity index (χ1n) is 8.63. The molecule has 0 amide bonds. The number of methoxy groups -OCH3 is 2. The van der Waals surface area contributed by atoms with Crippen molar-refractivity contribution in [1.29, 1.82) is 0 Å². The fraction of sp³-hybridized carbons (Fsp3) is 0.200. The molecule has 1 heterocycles. The van der Waals surface area contributed by atoms with Gasteiger partial charge in [0.2, 0.25) is 4.77 Å². The maximum atomic E-state index is 5.59. The molecule has 0 saturated heterocycles. The lowest BCUT2D eigenvalue weighted by Gasteiger charge is -2.14. The third-order valence-electron chi connectivity index (χ3n) is 4.05. The molecule has 28 heavy (non-hydrogen) atoms. The van der Waals surface area contributed by atoms with E-state index < -0.39 is 0 Å². The third kappa shape index (κ3) is 4.17. The number of para-hydroxylation sites is 1. The summed E-state index contributed by atoms with van der Waals surface area (Å²) < 4.78 is 18.6. The highest BCUT2D eigenvalue weighted by Gasteiger charge is 2.13. The Bertz CT molecular complexity index is 1010. The van der Waals surface area contributed by atoms with Crippen molar-refractivity contribution in [3.05, 3.63) is 65.5 Å². The number of benzene rings is 2. The highest BCUT2D eigenvalue weighted by molar-refractivity contribution is 7.71. The van der Waals surface area contributed by atoms with Gasteiger partial charge in [-0.1, -0.05) is 30.9 Å². The number of nitrogens with zero attached hydrogens (tertiary/aromatic N) is 2. The third-order valence-corrected chi connectivity index (χ3v) is 4.32. The SMILES string of the molecule is C=CCOc1ccc(CNn2c(-c3ccccc3OC)n[nH]c2=S)cc1OC. The van der Waals surface area contributed by atoms with Crippen molar-refractivity contribution in [1.82, 2.24) is 14.9 Å². The lowest BCUT2D eigenvalue weighted by atomic mass is 10.2. The standard InChI is InChI=1S/C20H22N4O3S/c1-4-11-27-17-10-9-14(12-18(17)26-3)13-21-24-19(22-23-20(24)28)15-7-5-6-8-16(15)25-2/h4-10,12,21H,1,11,13H2,2-3H3,(H,23,28). The largest absolute Gasteiger partial charge is 0.496 e. The van der Waals surface area contributed by atoms with E-state index in [-0.39, 0.29) is 0 Å². The van der Waals surface area contributed by atoms with Crippen molar-refractivity contribution >= 4 is 12.2 Å². The highest BCUT2D eigenvalue weighted by Crippen LogP contribution is 2.29. The predicted molar refractivity (Wildman–Crippen MR) is 111 cm³/mol. The van der Waals surface area contributed by atoms with Gasteiger partial charge in [-0.2, -0.15) is 5.10 Å². The van der Waals surface area contributed by atoms with E-state index in [0.29, 0.717) is 41.0 Å². The minimum atomic E-state index is 0.417. The Morgan fingerprint density at radius 1 is 1.14 bits per heavy atom. The smallest absolute Gasteiger partial charge is 0.214 e. The van der Waals surface area contributed by atoms with E-state index in [2.05, 4.69) is 22.2 Å². The molecule has 0 aliphatic rings. The summed E-state index contributed by atoms with van der Waals surface area (Å²) in [6.07, 6.45) is 1.69. The Labute approximate surface area is 168 Å². The van der Waals surface area contributed by atoms with Gasteiger partial charge in [0.25, 0.3) is 0 Å². The summed E-state index contributed by atoms with van der Waals surface area (Å²) in [5.74, 6) is 2.67. The molecular formula is C20H22N4O3S. The number of hydrogen-bond donors (Lipinski definition) is 2. The fourth-order valence-electron chi connectivity index (χ4n) is 2.71. The molecule has 2 aromatic carbocycles. The van der Waals surface area contributed by atoms with Crippen LogP contribution in [0.15, 0.2) is 55.1 Å². The Hall–Kier alpha value is -3.26. The van der Waals surface area contributed by atoms with Crippen LogP contribution in [0.1, 0.15) is 5.56 Å². The van der Waals surface area contributed by atoms with Crippen LogP contribution in [0.4, 0.5) is 0 Å². The molecule has 8 heteroatoms. The van der Waals surface area contributed by atoms with E-state index in [9.17, 15) is 0 Å². The summed E-state index contributed by atoms with van der Waals surface area (Å²) in [7, 11) is 3.24. The van der Waals surface area contributed by atoms with Crippen molar-refractivity contribution in [3.63, 3.8) is 0 Å². The molecule has 0 aliphatic heterocycles. The molecule has 0 atom stereocenters. The molecule has 0 fully saturated rings. The van der Waals surface area contributed by atoms with Crippen molar-refractivity contribution in [2.45, 2.75) is 6.54 Å². The van der Waals surface area contributed by atoms with E-state index in [1.54, 1.807) is 25.0 Å². The summed E-state index contributed by atoms with van der Waals surface area (Å²) >= 11 is 5.37. The van der Waals surface area contributed by atoms with Crippen molar-refractivity contribution in [3.8, 4) is 28.6 Å². The molecule has 3 rings (SSSR count). The number of hydrogen-bond acceptors (Lipinski definition) is 6. The first-order valence-corrected chi connectivity index (χ1v) is 9.04. The van der Waals surface area contributed by atoms with Gasteiger partial charge in [0.15, 0.2) is 17.3 Å². The Morgan fingerprint density at radius 3 is 2.68 bits per heavy atom. The molecule has 0 bridgehead atoms. The number of rotatable bonds is 9. The second kappa shape index (κ2) is 9.09. The number of H-pyrrole nitrogens is 1. The van der Waals surface area contributed by atoms with E-state index in [4.69, 9.17) is 26.4 Å². The monoisotopic (exact) mass is 398 g/mol.